The van der Waals surface area contributed by atoms with Gasteiger partial charge < -0.3 is 16.0 Å². The zero-order valence-electron chi connectivity index (χ0n) is 26.9. The maximum atomic E-state index is 12.9. The van der Waals surface area contributed by atoms with E-state index in [2.05, 4.69) is 36.7 Å². The number of unbranched alkanes of at least 4 members (excludes halogenated alkanes) is 18. The van der Waals surface area contributed by atoms with Crippen LogP contribution in [0, 0.1) is 0 Å². The van der Waals surface area contributed by atoms with Crippen molar-refractivity contribution in [3.05, 3.63) is 0 Å². The fourth-order valence-electron chi connectivity index (χ4n) is 5.05. The van der Waals surface area contributed by atoms with E-state index in [0.717, 1.165) is 57.8 Å². The first kappa shape index (κ1) is 38.4. The summed E-state index contributed by atoms with van der Waals surface area (Å²) in [6, 6.07) is -0.486. The maximum absolute atomic E-state index is 12.9. The van der Waals surface area contributed by atoms with E-state index >= 15 is 0 Å². The summed E-state index contributed by atoms with van der Waals surface area (Å²) in [5.74, 6) is 0.0389. The second-order valence-corrected chi connectivity index (χ2v) is 11.8. The second-order valence-electron chi connectivity index (χ2n) is 11.8. The molecule has 0 heterocycles. The number of rotatable bonds is 30. The average Bonchev–Trinajstić information content (AvgIpc) is 2.94. The van der Waals surface area contributed by atoms with Crippen LogP contribution in [-0.4, -0.2) is 36.9 Å². The van der Waals surface area contributed by atoms with E-state index in [1.54, 1.807) is 0 Å². The van der Waals surface area contributed by atoms with Gasteiger partial charge in [0.15, 0.2) is 0 Å². The van der Waals surface area contributed by atoms with Crippen LogP contribution in [0.5, 0.6) is 0 Å². The lowest BCUT2D eigenvalue weighted by Crippen LogP contribution is -2.47. The Morgan fingerprint density at radius 1 is 0.450 bits per heavy atom. The van der Waals surface area contributed by atoms with Crippen LogP contribution >= 0.6 is 0 Å². The maximum Gasteiger partial charge on any atom is 0.242 e. The van der Waals surface area contributed by atoms with Crippen molar-refractivity contribution in [1.82, 2.24) is 16.0 Å². The number of carbonyl (C=O) groups excluding carboxylic acids is 3. The summed E-state index contributed by atoms with van der Waals surface area (Å²) >= 11 is 0. The Bertz CT molecular complexity index is 597. The lowest BCUT2D eigenvalue weighted by Gasteiger charge is -2.19. The molecule has 40 heavy (non-hydrogen) atoms. The first-order chi connectivity index (χ1) is 19.5. The molecule has 0 aromatic heterocycles. The molecule has 0 bridgehead atoms. The van der Waals surface area contributed by atoms with Gasteiger partial charge in [0, 0.05) is 25.9 Å². The van der Waals surface area contributed by atoms with Gasteiger partial charge in [0.25, 0.3) is 0 Å². The van der Waals surface area contributed by atoms with E-state index in [1.807, 2.05) is 0 Å². The van der Waals surface area contributed by atoms with Gasteiger partial charge in [0.1, 0.15) is 6.04 Å². The molecule has 0 aliphatic carbocycles. The highest BCUT2D eigenvalue weighted by Crippen LogP contribution is 2.11. The SMILES string of the molecule is CCCCCCCCCCCCNC(=O)[C@H](CCCCNC(=O)CCCCCCC)NC(=O)CCCCCCC. The Kier molecular flexibility index (Phi) is 29.2. The molecule has 0 spiro atoms. The third-order valence-electron chi connectivity index (χ3n) is 7.74. The van der Waals surface area contributed by atoms with Crippen LogP contribution in [0.3, 0.4) is 0 Å². The Morgan fingerprint density at radius 3 is 1.38 bits per heavy atom. The molecule has 0 saturated heterocycles. The molecule has 0 radical (unpaired) electrons. The van der Waals surface area contributed by atoms with Crippen LogP contribution in [0.15, 0.2) is 0 Å². The molecule has 0 fully saturated rings. The van der Waals surface area contributed by atoms with Crippen molar-refractivity contribution in [1.29, 1.82) is 0 Å². The molecule has 6 nitrogen and oxygen atoms in total. The summed E-state index contributed by atoms with van der Waals surface area (Å²) in [7, 11) is 0. The minimum absolute atomic E-state index is 0.0213. The van der Waals surface area contributed by atoms with E-state index in [9.17, 15) is 14.4 Å². The molecule has 0 aromatic rings. The minimum atomic E-state index is -0.486. The predicted octanol–water partition coefficient (Wildman–Crippen LogP) is 8.52. The quantitative estimate of drug-likeness (QED) is 0.0763. The van der Waals surface area contributed by atoms with Crippen LogP contribution in [0.1, 0.15) is 181 Å². The highest BCUT2D eigenvalue weighted by molar-refractivity contribution is 5.87. The van der Waals surface area contributed by atoms with Gasteiger partial charge in [-0.15, -0.1) is 0 Å². The third kappa shape index (κ3) is 26.6. The molecule has 3 N–H and O–H groups in total. The first-order valence-electron chi connectivity index (χ1n) is 17.4. The van der Waals surface area contributed by atoms with Crippen LogP contribution in [0.25, 0.3) is 0 Å². The number of carbonyl (C=O) groups is 3. The van der Waals surface area contributed by atoms with E-state index in [4.69, 9.17) is 0 Å². The Labute approximate surface area is 248 Å². The van der Waals surface area contributed by atoms with Crippen molar-refractivity contribution in [2.75, 3.05) is 13.1 Å². The molecule has 236 valence electrons. The lowest BCUT2D eigenvalue weighted by molar-refractivity contribution is -0.129. The first-order valence-corrected chi connectivity index (χ1v) is 17.4. The number of hydrogen-bond acceptors (Lipinski definition) is 3. The third-order valence-corrected chi connectivity index (χ3v) is 7.74. The molecule has 0 unspecified atom stereocenters. The summed E-state index contributed by atoms with van der Waals surface area (Å²) < 4.78 is 0. The van der Waals surface area contributed by atoms with Crippen LogP contribution in [-0.2, 0) is 14.4 Å². The zero-order valence-corrected chi connectivity index (χ0v) is 26.9. The fraction of sp³-hybridized carbons (Fsp3) is 0.912. The van der Waals surface area contributed by atoms with Crippen molar-refractivity contribution >= 4 is 17.7 Å². The second kappa shape index (κ2) is 30.4. The Hall–Kier alpha value is -1.59. The lowest BCUT2D eigenvalue weighted by atomic mass is 10.1. The molecule has 1 atom stereocenters. The molecule has 0 saturated carbocycles. The predicted molar refractivity (Wildman–Crippen MR) is 170 cm³/mol. The standard InChI is InChI=1S/C34H67N3O3/c1-4-7-10-13-14-15-16-17-20-24-30-36-34(40)31(37-33(39)28-22-19-12-9-6-3)26-23-25-29-35-32(38)27-21-18-11-8-5-2/h31H,4-30H2,1-3H3,(H,35,38)(H,36,40)(H,37,39)/t31-/m0/s1. The highest BCUT2D eigenvalue weighted by Gasteiger charge is 2.20. The minimum Gasteiger partial charge on any atom is -0.356 e. The molecule has 6 heteroatoms. The van der Waals surface area contributed by atoms with Gasteiger partial charge in [-0.05, 0) is 38.5 Å². The molecular weight excluding hydrogens is 498 g/mol. The van der Waals surface area contributed by atoms with Gasteiger partial charge in [-0.2, -0.15) is 0 Å². The van der Waals surface area contributed by atoms with Crippen molar-refractivity contribution in [3.63, 3.8) is 0 Å². The summed E-state index contributed by atoms with van der Waals surface area (Å²) in [5.41, 5.74) is 0. The van der Waals surface area contributed by atoms with Crippen LogP contribution < -0.4 is 16.0 Å². The average molecular weight is 566 g/mol. The smallest absolute Gasteiger partial charge is 0.242 e. The van der Waals surface area contributed by atoms with E-state index in [1.165, 1.54) is 83.5 Å². The molecule has 0 aromatic carbocycles. The number of nitrogens with one attached hydrogen (secondary N) is 3. The summed E-state index contributed by atoms with van der Waals surface area (Å²) in [4.78, 5) is 37.5. The zero-order chi connectivity index (χ0) is 29.5. The van der Waals surface area contributed by atoms with Crippen molar-refractivity contribution in [2.45, 2.75) is 187 Å². The van der Waals surface area contributed by atoms with Gasteiger partial charge in [-0.25, -0.2) is 0 Å². The van der Waals surface area contributed by atoms with Crippen molar-refractivity contribution < 1.29 is 14.4 Å². The Morgan fingerprint density at radius 2 is 0.850 bits per heavy atom. The topological polar surface area (TPSA) is 87.3 Å². The highest BCUT2D eigenvalue weighted by atomic mass is 16.2. The molecule has 3 amide bonds. The van der Waals surface area contributed by atoms with E-state index in [-0.39, 0.29) is 17.7 Å². The van der Waals surface area contributed by atoms with Crippen LogP contribution in [0.4, 0.5) is 0 Å². The number of hydrogen-bond donors (Lipinski definition) is 3. The van der Waals surface area contributed by atoms with Crippen LogP contribution in [0.2, 0.25) is 0 Å². The molecule has 0 aliphatic rings. The van der Waals surface area contributed by atoms with Gasteiger partial charge >= 0.3 is 0 Å². The van der Waals surface area contributed by atoms with Crippen molar-refractivity contribution in [3.8, 4) is 0 Å². The monoisotopic (exact) mass is 566 g/mol. The van der Waals surface area contributed by atoms with Gasteiger partial charge in [0.05, 0.1) is 0 Å². The molecule has 0 rings (SSSR count). The van der Waals surface area contributed by atoms with E-state index in [0.29, 0.717) is 32.4 Å². The van der Waals surface area contributed by atoms with E-state index < -0.39 is 6.04 Å². The normalized spacial score (nSPS) is 11.8. The number of amides is 3. The molecular formula is C34H67N3O3. The molecule has 0 aliphatic heterocycles. The van der Waals surface area contributed by atoms with Gasteiger partial charge in [-0.3, -0.25) is 14.4 Å². The summed E-state index contributed by atoms with van der Waals surface area (Å²) in [6.07, 6.45) is 27.2. The summed E-state index contributed by atoms with van der Waals surface area (Å²) in [5, 5.41) is 9.08. The van der Waals surface area contributed by atoms with Crippen molar-refractivity contribution in [2.24, 2.45) is 0 Å². The fourth-order valence-corrected chi connectivity index (χ4v) is 5.05. The van der Waals surface area contributed by atoms with Gasteiger partial charge in [0.2, 0.25) is 17.7 Å². The summed E-state index contributed by atoms with van der Waals surface area (Å²) in [6.45, 7) is 7.94. The largest absolute Gasteiger partial charge is 0.356 e. The Balaban J connectivity index is 4.27. The van der Waals surface area contributed by atoms with Gasteiger partial charge in [-0.1, -0.05) is 130 Å².